The monoisotopic (exact) mass is 273 g/mol. The Hall–Kier alpha value is -0.830. The molecule has 1 heterocycles. The van der Waals surface area contributed by atoms with Crippen LogP contribution in [0.3, 0.4) is 0 Å². The van der Waals surface area contributed by atoms with Crippen LogP contribution in [0.2, 0.25) is 0 Å². The van der Waals surface area contributed by atoms with E-state index in [0.29, 0.717) is 6.04 Å². The van der Waals surface area contributed by atoms with Gasteiger partial charge in [-0.3, -0.25) is 0 Å². The summed E-state index contributed by atoms with van der Waals surface area (Å²) in [6, 6.07) is 1.28. The van der Waals surface area contributed by atoms with Gasteiger partial charge in [0.2, 0.25) is 0 Å². The zero-order valence-corrected chi connectivity index (χ0v) is 12.8. The van der Waals surface area contributed by atoms with Gasteiger partial charge in [0.15, 0.2) is 0 Å². The van der Waals surface area contributed by atoms with E-state index >= 15 is 0 Å². The number of rotatable bonds is 4. The summed E-state index contributed by atoms with van der Waals surface area (Å²) < 4.78 is 2.29. The lowest BCUT2D eigenvalue weighted by Gasteiger charge is -2.32. The van der Waals surface area contributed by atoms with Gasteiger partial charge < -0.3 is 9.88 Å². The van der Waals surface area contributed by atoms with E-state index in [1.807, 2.05) is 12.5 Å². The van der Waals surface area contributed by atoms with Crippen molar-refractivity contribution in [3.05, 3.63) is 18.2 Å². The van der Waals surface area contributed by atoms with Crippen molar-refractivity contribution in [2.75, 3.05) is 0 Å². The highest BCUT2D eigenvalue weighted by Gasteiger charge is 2.53. The van der Waals surface area contributed by atoms with Gasteiger partial charge in [-0.05, 0) is 63.2 Å². The van der Waals surface area contributed by atoms with Crippen LogP contribution in [0.5, 0.6) is 0 Å². The van der Waals surface area contributed by atoms with Crippen LogP contribution >= 0.6 is 0 Å². The number of hydrogen-bond donors (Lipinski definition) is 1. The first-order valence-electron chi connectivity index (χ1n) is 8.48. The van der Waals surface area contributed by atoms with Gasteiger partial charge in [0, 0.05) is 24.8 Å². The van der Waals surface area contributed by atoms with E-state index in [-0.39, 0.29) is 0 Å². The van der Waals surface area contributed by atoms with Crippen molar-refractivity contribution in [2.24, 2.45) is 23.7 Å². The van der Waals surface area contributed by atoms with Crippen LogP contribution in [0.15, 0.2) is 12.5 Å². The lowest BCUT2D eigenvalue weighted by molar-refractivity contribution is 0.207. The highest BCUT2D eigenvalue weighted by atomic mass is 15.1. The molecule has 110 valence electrons. The van der Waals surface area contributed by atoms with E-state index in [0.717, 1.165) is 36.3 Å². The normalized spacial score (nSPS) is 38.9. The maximum atomic E-state index is 4.31. The fraction of sp³-hybridized carbons (Fsp3) is 0.824. The van der Waals surface area contributed by atoms with Gasteiger partial charge in [-0.15, -0.1) is 0 Å². The molecular weight excluding hydrogens is 246 g/mol. The molecule has 0 aromatic carbocycles. The quantitative estimate of drug-likeness (QED) is 0.911. The molecule has 1 aromatic rings. The average Bonchev–Trinajstić information content (AvgIpc) is 3.16. The van der Waals surface area contributed by atoms with Crippen LogP contribution in [-0.4, -0.2) is 15.6 Å². The number of hydrogen-bond acceptors (Lipinski definition) is 2. The molecule has 3 heteroatoms. The third kappa shape index (κ3) is 1.93. The Bertz CT molecular complexity index is 478. The molecule has 3 aliphatic rings. The molecule has 0 aliphatic heterocycles. The maximum Gasteiger partial charge on any atom is 0.0951 e. The number of imidazole rings is 1. The SMILES string of the molecule is CC(C)n1cncc1CNC1CC2CC1C1CCCC21. The van der Waals surface area contributed by atoms with Gasteiger partial charge in [-0.25, -0.2) is 4.98 Å². The molecule has 0 spiro atoms. The largest absolute Gasteiger partial charge is 0.331 e. The van der Waals surface area contributed by atoms with Gasteiger partial charge in [0.1, 0.15) is 0 Å². The Morgan fingerprint density at radius 3 is 2.95 bits per heavy atom. The van der Waals surface area contributed by atoms with Crippen LogP contribution in [0.25, 0.3) is 0 Å². The minimum atomic E-state index is 0.508. The van der Waals surface area contributed by atoms with Crippen molar-refractivity contribution < 1.29 is 0 Å². The topological polar surface area (TPSA) is 29.9 Å². The maximum absolute atomic E-state index is 4.31. The molecule has 3 nitrogen and oxygen atoms in total. The average molecular weight is 273 g/mol. The second-order valence-corrected chi connectivity index (χ2v) is 7.53. The number of fused-ring (bicyclic) bond motifs is 5. The van der Waals surface area contributed by atoms with Gasteiger partial charge in [-0.2, -0.15) is 0 Å². The molecule has 3 saturated carbocycles. The van der Waals surface area contributed by atoms with Crippen molar-refractivity contribution in [3.63, 3.8) is 0 Å². The predicted octanol–water partition coefficient (Wildman–Crippen LogP) is 3.38. The molecule has 5 atom stereocenters. The Morgan fingerprint density at radius 2 is 2.10 bits per heavy atom. The Kier molecular flexibility index (Phi) is 3.13. The van der Waals surface area contributed by atoms with Gasteiger partial charge in [0.25, 0.3) is 0 Å². The van der Waals surface area contributed by atoms with Gasteiger partial charge >= 0.3 is 0 Å². The predicted molar refractivity (Wildman–Crippen MR) is 80.3 cm³/mol. The summed E-state index contributed by atoms with van der Waals surface area (Å²) in [4.78, 5) is 4.31. The van der Waals surface area contributed by atoms with Crippen molar-refractivity contribution >= 4 is 0 Å². The Labute approximate surface area is 122 Å². The zero-order chi connectivity index (χ0) is 13.7. The summed E-state index contributed by atoms with van der Waals surface area (Å²) in [5.41, 5.74) is 1.34. The first kappa shape index (κ1) is 12.9. The van der Waals surface area contributed by atoms with Crippen LogP contribution in [0, 0.1) is 23.7 Å². The molecular formula is C17H27N3. The van der Waals surface area contributed by atoms with Crippen LogP contribution in [0.4, 0.5) is 0 Å². The molecule has 20 heavy (non-hydrogen) atoms. The zero-order valence-electron chi connectivity index (χ0n) is 12.8. The number of nitrogens with zero attached hydrogens (tertiary/aromatic N) is 2. The van der Waals surface area contributed by atoms with E-state index in [1.165, 1.54) is 37.8 Å². The van der Waals surface area contributed by atoms with E-state index in [4.69, 9.17) is 0 Å². The van der Waals surface area contributed by atoms with E-state index in [1.54, 1.807) is 0 Å². The van der Waals surface area contributed by atoms with Crippen LogP contribution < -0.4 is 5.32 Å². The molecule has 0 radical (unpaired) electrons. The molecule has 3 aliphatic carbocycles. The third-order valence-electron chi connectivity index (χ3n) is 6.28. The summed E-state index contributed by atoms with van der Waals surface area (Å²) in [6.45, 7) is 5.45. The summed E-state index contributed by atoms with van der Waals surface area (Å²) >= 11 is 0. The standard InChI is InChI=1S/C17H27N3/c1-11(2)20-10-18-8-13(20)9-19-17-7-12-6-16(17)15-5-3-4-14(12)15/h8,10-12,14-17,19H,3-7,9H2,1-2H3. The van der Waals surface area contributed by atoms with Crippen molar-refractivity contribution in [2.45, 2.75) is 64.6 Å². The Morgan fingerprint density at radius 1 is 1.25 bits per heavy atom. The fourth-order valence-electron chi connectivity index (χ4n) is 5.47. The minimum Gasteiger partial charge on any atom is -0.331 e. The molecule has 1 aromatic heterocycles. The molecule has 2 bridgehead atoms. The van der Waals surface area contributed by atoms with Gasteiger partial charge in [0.05, 0.1) is 12.0 Å². The molecule has 4 rings (SSSR count). The lowest BCUT2D eigenvalue weighted by Crippen LogP contribution is -2.39. The molecule has 1 N–H and O–H groups in total. The van der Waals surface area contributed by atoms with Crippen molar-refractivity contribution in [3.8, 4) is 0 Å². The second-order valence-electron chi connectivity index (χ2n) is 7.53. The minimum absolute atomic E-state index is 0.508. The van der Waals surface area contributed by atoms with Gasteiger partial charge in [-0.1, -0.05) is 6.42 Å². The third-order valence-corrected chi connectivity index (χ3v) is 6.28. The summed E-state index contributed by atoms with van der Waals surface area (Å²) in [5, 5.41) is 3.86. The van der Waals surface area contributed by atoms with Crippen LogP contribution in [0.1, 0.15) is 57.7 Å². The van der Waals surface area contributed by atoms with Crippen molar-refractivity contribution in [1.82, 2.24) is 14.9 Å². The van der Waals surface area contributed by atoms with Crippen molar-refractivity contribution in [1.29, 1.82) is 0 Å². The van der Waals surface area contributed by atoms with E-state index in [2.05, 4.69) is 28.7 Å². The highest BCUT2D eigenvalue weighted by Crippen LogP contribution is 2.58. The first-order chi connectivity index (χ1) is 9.74. The Balaban J connectivity index is 1.40. The first-order valence-corrected chi connectivity index (χ1v) is 8.48. The summed E-state index contributed by atoms with van der Waals surface area (Å²) in [7, 11) is 0. The number of nitrogens with one attached hydrogen (secondary N) is 1. The fourth-order valence-corrected chi connectivity index (χ4v) is 5.47. The molecule has 3 fully saturated rings. The number of aromatic nitrogens is 2. The van der Waals surface area contributed by atoms with E-state index in [9.17, 15) is 0 Å². The van der Waals surface area contributed by atoms with Crippen LogP contribution in [-0.2, 0) is 6.54 Å². The molecule has 0 amide bonds. The summed E-state index contributed by atoms with van der Waals surface area (Å²) in [5.74, 6) is 4.17. The molecule has 0 saturated heterocycles. The summed E-state index contributed by atoms with van der Waals surface area (Å²) in [6.07, 6.45) is 11.5. The second kappa shape index (κ2) is 4.87. The highest BCUT2D eigenvalue weighted by molar-refractivity contribution is 5.07. The molecule has 5 unspecified atom stereocenters. The van der Waals surface area contributed by atoms with E-state index < -0.39 is 0 Å². The smallest absolute Gasteiger partial charge is 0.0951 e. The lowest BCUT2D eigenvalue weighted by atomic mass is 9.79.